The molecule has 1 aliphatic carbocycles. The van der Waals surface area contributed by atoms with E-state index in [1.54, 1.807) is 12.1 Å². The van der Waals surface area contributed by atoms with Crippen molar-refractivity contribution < 1.29 is 19.4 Å². The summed E-state index contributed by atoms with van der Waals surface area (Å²) in [5.74, 6) is 0.713. The van der Waals surface area contributed by atoms with Crippen LogP contribution in [-0.4, -0.2) is 42.5 Å². The number of nitrogens with one attached hydrogen (secondary N) is 1. The Bertz CT molecular complexity index is 563. The third-order valence-corrected chi connectivity index (χ3v) is 5.15. The van der Waals surface area contributed by atoms with Crippen molar-refractivity contribution in [3.05, 3.63) is 24.3 Å². The predicted octanol–water partition coefficient (Wildman–Crippen LogP) is 2.48. The highest BCUT2D eigenvalue weighted by Gasteiger charge is 2.27. The molecule has 1 aromatic rings. The van der Waals surface area contributed by atoms with E-state index in [-0.39, 0.29) is 30.3 Å². The van der Waals surface area contributed by atoms with Crippen LogP contribution in [0.15, 0.2) is 24.3 Å². The SMILES string of the molecule is Cl.NC(C(=O)Nc1ccc(OC2CCCCC2O)cc1)C1CCOCC1. The summed E-state index contributed by atoms with van der Waals surface area (Å²) in [6, 6.07) is 6.73. The van der Waals surface area contributed by atoms with Crippen molar-refractivity contribution in [3.8, 4) is 5.75 Å². The zero-order valence-electron chi connectivity index (χ0n) is 14.9. The molecule has 1 saturated heterocycles. The number of amides is 1. The maximum Gasteiger partial charge on any atom is 0.241 e. The Morgan fingerprint density at radius 1 is 1.15 bits per heavy atom. The highest BCUT2D eigenvalue weighted by molar-refractivity contribution is 5.94. The van der Waals surface area contributed by atoms with Gasteiger partial charge in [-0.15, -0.1) is 12.4 Å². The summed E-state index contributed by atoms with van der Waals surface area (Å²) in [6.07, 6.45) is 4.92. The molecule has 0 radical (unpaired) electrons. The molecule has 4 N–H and O–H groups in total. The van der Waals surface area contributed by atoms with Crippen molar-refractivity contribution in [1.29, 1.82) is 0 Å². The van der Waals surface area contributed by atoms with Crippen molar-refractivity contribution >= 4 is 24.0 Å². The van der Waals surface area contributed by atoms with Crippen molar-refractivity contribution in [1.82, 2.24) is 0 Å². The molecule has 3 rings (SSSR count). The lowest BCUT2D eigenvalue weighted by Gasteiger charge is -2.28. The summed E-state index contributed by atoms with van der Waals surface area (Å²) in [7, 11) is 0. The van der Waals surface area contributed by atoms with Crippen LogP contribution >= 0.6 is 12.4 Å². The number of aliphatic hydroxyl groups excluding tert-OH is 1. The number of anilines is 1. The van der Waals surface area contributed by atoms with E-state index in [1.807, 2.05) is 12.1 Å². The third-order valence-electron chi connectivity index (χ3n) is 5.15. The van der Waals surface area contributed by atoms with Gasteiger partial charge in [0.1, 0.15) is 11.9 Å². The number of hydrogen-bond acceptors (Lipinski definition) is 5. The quantitative estimate of drug-likeness (QED) is 0.725. The van der Waals surface area contributed by atoms with Crippen LogP contribution in [0.3, 0.4) is 0 Å². The number of carbonyl (C=O) groups excluding carboxylic acids is 1. The smallest absolute Gasteiger partial charge is 0.241 e. The molecule has 7 heteroatoms. The molecule has 1 saturated carbocycles. The lowest BCUT2D eigenvalue weighted by molar-refractivity contribution is -0.119. The lowest BCUT2D eigenvalue weighted by Crippen LogP contribution is -2.44. The van der Waals surface area contributed by atoms with Crippen LogP contribution in [0.1, 0.15) is 38.5 Å². The van der Waals surface area contributed by atoms with Gasteiger partial charge in [0.15, 0.2) is 0 Å². The predicted molar refractivity (Wildman–Crippen MR) is 103 cm³/mol. The van der Waals surface area contributed by atoms with E-state index in [4.69, 9.17) is 15.2 Å². The fraction of sp³-hybridized carbons (Fsp3) is 0.632. The molecule has 0 aromatic heterocycles. The molecule has 0 bridgehead atoms. The van der Waals surface area contributed by atoms with Crippen molar-refractivity contribution in [2.24, 2.45) is 11.7 Å². The number of halogens is 1. The van der Waals surface area contributed by atoms with E-state index in [9.17, 15) is 9.90 Å². The van der Waals surface area contributed by atoms with E-state index in [2.05, 4.69) is 5.32 Å². The molecule has 6 nitrogen and oxygen atoms in total. The highest BCUT2D eigenvalue weighted by Crippen LogP contribution is 2.25. The number of aliphatic hydroxyl groups is 1. The molecule has 2 aliphatic rings. The van der Waals surface area contributed by atoms with E-state index in [1.165, 1.54) is 0 Å². The van der Waals surface area contributed by atoms with Gasteiger partial charge in [0.25, 0.3) is 0 Å². The summed E-state index contributed by atoms with van der Waals surface area (Å²) < 4.78 is 11.2. The largest absolute Gasteiger partial charge is 0.488 e. The Kier molecular flexibility index (Phi) is 8.15. The van der Waals surface area contributed by atoms with Crippen LogP contribution in [0.2, 0.25) is 0 Å². The van der Waals surface area contributed by atoms with Crippen LogP contribution in [0.4, 0.5) is 5.69 Å². The minimum absolute atomic E-state index is 0. The van der Waals surface area contributed by atoms with Gasteiger partial charge >= 0.3 is 0 Å². The van der Waals surface area contributed by atoms with E-state index < -0.39 is 12.1 Å². The first-order valence-electron chi connectivity index (χ1n) is 9.22. The Labute approximate surface area is 160 Å². The standard InChI is InChI=1S/C19H28N2O4.ClH/c20-18(13-9-11-24-12-10-13)19(23)21-14-5-7-15(8-6-14)25-17-4-2-1-3-16(17)22;/h5-8,13,16-18,22H,1-4,9-12,20H2,(H,21,23);1H. The zero-order valence-corrected chi connectivity index (χ0v) is 15.7. The van der Waals surface area contributed by atoms with Gasteiger partial charge in [0.05, 0.1) is 12.1 Å². The topological polar surface area (TPSA) is 93.8 Å². The Balaban J connectivity index is 0.00000243. The minimum Gasteiger partial charge on any atom is -0.488 e. The highest BCUT2D eigenvalue weighted by atomic mass is 35.5. The number of rotatable bonds is 5. The molecule has 0 spiro atoms. The molecule has 1 heterocycles. The number of benzene rings is 1. The van der Waals surface area contributed by atoms with Gasteiger partial charge in [0.2, 0.25) is 5.91 Å². The second-order valence-electron chi connectivity index (χ2n) is 7.00. The fourth-order valence-corrected chi connectivity index (χ4v) is 3.52. The summed E-state index contributed by atoms with van der Waals surface area (Å²) >= 11 is 0. The first kappa shape index (κ1) is 21.0. The van der Waals surface area contributed by atoms with Gasteiger partial charge in [-0.05, 0) is 62.3 Å². The summed E-state index contributed by atoms with van der Waals surface area (Å²) in [4.78, 5) is 12.3. The minimum atomic E-state index is -0.516. The fourth-order valence-electron chi connectivity index (χ4n) is 3.52. The number of hydrogen-bond donors (Lipinski definition) is 3. The first-order chi connectivity index (χ1) is 12.1. The molecule has 2 fully saturated rings. The molecule has 1 aromatic carbocycles. The van der Waals surface area contributed by atoms with Gasteiger partial charge in [-0.1, -0.05) is 6.42 Å². The first-order valence-corrected chi connectivity index (χ1v) is 9.22. The summed E-state index contributed by atoms with van der Waals surface area (Å²) in [6.45, 7) is 1.34. The molecule has 26 heavy (non-hydrogen) atoms. The third kappa shape index (κ3) is 5.58. The summed E-state index contributed by atoms with van der Waals surface area (Å²) in [5, 5.41) is 12.9. The maximum atomic E-state index is 12.3. The Morgan fingerprint density at radius 3 is 2.46 bits per heavy atom. The molecule has 3 atom stereocenters. The molecule has 1 aliphatic heterocycles. The molecular weight excluding hydrogens is 356 g/mol. The molecule has 3 unspecified atom stereocenters. The van der Waals surface area contributed by atoms with E-state index >= 15 is 0 Å². The second-order valence-corrected chi connectivity index (χ2v) is 7.00. The van der Waals surface area contributed by atoms with Crippen molar-refractivity contribution in [2.45, 2.75) is 56.8 Å². The van der Waals surface area contributed by atoms with Gasteiger partial charge in [-0.25, -0.2) is 0 Å². The zero-order chi connectivity index (χ0) is 17.6. The Hall–Kier alpha value is -1.34. The van der Waals surface area contributed by atoms with Crippen molar-refractivity contribution in [2.75, 3.05) is 18.5 Å². The van der Waals surface area contributed by atoms with Crippen LogP contribution in [0.25, 0.3) is 0 Å². The van der Waals surface area contributed by atoms with E-state index in [0.717, 1.165) is 38.5 Å². The Morgan fingerprint density at radius 2 is 1.81 bits per heavy atom. The van der Waals surface area contributed by atoms with Crippen LogP contribution in [-0.2, 0) is 9.53 Å². The van der Waals surface area contributed by atoms with Crippen LogP contribution < -0.4 is 15.8 Å². The second kappa shape index (κ2) is 10.1. The summed E-state index contributed by atoms with van der Waals surface area (Å²) in [5.41, 5.74) is 6.79. The average Bonchev–Trinajstić information content (AvgIpc) is 2.65. The van der Waals surface area contributed by atoms with Gasteiger partial charge < -0.3 is 25.6 Å². The lowest BCUT2D eigenvalue weighted by atomic mass is 9.92. The number of ether oxygens (including phenoxy) is 2. The monoisotopic (exact) mass is 384 g/mol. The molecular formula is C19H29ClN2O4. The number of carbonyl (C=O) groups is 1. The van der Waals surface area contributed by atoms with E-state index in [0.29, 0.717) is 24.7 Å². The van der Waals surface area contributed by atoms with Crippen molar-refractivity contribution in [3.63, 3.8) is 0 Å². The van der Waals surface area contributed by atoms with Gasteiger partial charge in [0, 0.05) is 18.9 Å². The normalized spacial score (nSPS) is 25.0. The maximum absolute atomic E-state index is 12.3. The number of nitrogens with two attached hydrogens (primary N) is 1. The molecule has 146 valence electrons. The average molecular weight is 385 g/mol. The van der Waals surface area contributed by atoms with Gasteiger partial charge in [-0.2, -0.15) is 0 Å². The van der Waals surface area contributed by atoms with Crippen LogP contribution in [0.5, 0.6) is 5.75 Å². The van der Waals surface area contributed by atoms with Crippen LogP contribution in [0, 0.1) is 5.92 Å². The van der Waals surface area contributed by atoms with Gasteiger partial charge in [-0.3, -0.25) is 4.79 Å². The molecule has 1 amide bonds.